The maximum atomic E-state index is 12.8. The van der Waals surface area contributed by atoms with Crippen molar-refractivity contribution in [1.82, 2.24) is 14.0 Å². The Hall–Kier alpha value is -2.39. The van der Waals surface area contributed by atoms with Gasteiger partial charge in [0.2, 0.25) is 0 Å². The Morgan fingerprint density at radius 2 is 1.79 bits per heavy atom. The van der Waals surface area contributed by atoms with Crippen LogP contribution in [-0.2, 0) is 13.6 Å². The first-order valence-electron chi connectivity index (χ1n) is 8.89. The standard InChI is InChI=1S/C19H24N4O3S2/c1-4-22(5-2)19(27)28-12-14(24)15-16(20)23(18(26)21(3)17(15)25)11-13-9-7-6-8-10-13/h6-10H,4-5,11-12,20H2,1-3H3. The molecule has 150 valence electrons. The first kappa shape index (κ1) is 21.9. The van der Waals surface area contributed by atoms with Gasteiger partial charge in [-0.1, -0.05) is 54.3 Å². The number of anilines is 1. The number of hydrogen-bond donors (Lipinski definition) is 1. The highest BCUT2D eigenvalue weighted by Crippen LogP contribution is 2.15. The van der Waals surface area contributed by atoms with Gasteiger partial charge in [0, 0.05) is 20.1 Å². The predicted molar refractivity (Wildman–Crippen MR) is 118 cm³/mol. The summed E-state index contributed by atoms with van der Waals surface area (Å²) in [5.41, 5.74) is 5.51. The summed E-state index contributed by atoms with van der Waals surface area (Å²) in [5, 5.41) is 0. The van der Waals surface area contributed by atoms with Crippen molar-refractivity contribution >= 4 is 39.9 Å². The summed E-state index contributed by atoms with van der Waals surface area (Å²) >= 11 is 6.52. The van der Waals surface area contributed by atoms with E-state index in [0.717, 1.165) is 23.2 Å². The molecule has 0 amide bonds. The van der Waals surface area contributed by atoms with Gasteiger partial charge in [-0.15, -0.1) is 0 Å². The van der Waals surface area contributed by atoms with E-state index in [1.807, 2.05) is 49.1 Å². The van der Waals surface area contributed by atoms with Crippen LogP contribution in [0.3, 0.4) is 0 Å². The number of carbonyl (C=O) groups is 1. The van der Waals surface area contributed by atoms with E-state index < -0.39 is 17.0 Å². The van der Waals surface area contributed by atoms with Gasteiger partial charge in [0.05, 0.1) is 12.3 Å². The normalized spacial score (nSPS) is 10.7. The smallest absolute Gasteiger partial charge is 0.332 e. The maximum Gasteiger partial charge on any atom is 0.332 e. The molecule has 0 aliphatic carbocycles. The molecule has 2 aromatic rings. The van der Waals surface area contributed by atoms with Crippen LogP contribution >= 0.6 is 24.0 Å². The molecule has 2 N–H and O–H groups in total. The van der Waals surface area contributed by atoms with Gasteiger partial charge >= 0.3 is 5.69 Å². The first-order chi connectivity index (χ1) is 13.3. The van der Waals surface area contributed by atoms with Crippen molar-refractivity contribution in [2.24, 2.45) is 7.05 Å². The molecule has 7 nitrogen and oxygen atoms in total. The number of nitrogens with zero attached hydrogens (tertiary/aromatic N) is 3. The lowest BCUT2D eigenvalue weighted by Crippen LogP contribution is -2.43. The lowest BCUT2D eigenvalue weighted by atomic mass is 10.2. The molecule has 0 aliphatic heterocycles. The van der Waals surface area contributed by atoms with Crippen molar-refractivity contribution in [2.75, 3.05) is 24.6 Å². The Kier molecular flexibility index (Phi) is 7.59. The molecule has 0 saturated heterocycles. The molecule has 0 atom stereocenters. The molecule has 1 aromatic heterocycles. The van der Waals surface area contributed by atoms with E-state index in [1.165, 1.54) is 23.4 Å². The Bertz CT molecular complexity index is 979. The highest BCUT2D eigenvalue weighted by atomic mass is 32.2. The minimum absolute atomic E-state index is 0.0156. The van der Waals surface area contributed by atoms with Crippen LogP contribution in [0, 0.1) is 0 Å². The van der Waals surface area contributed by atoms with Crippen molar-refractivity contribution < 1.29 is 4.79 Å². The van der Waals surface area contributed by atoms with Crippen LogP contribution in [0.25, 0.3) is 0 Å². The number of thioether (sulfide) groups is 1. The van der Waals surface area contributed by atoms with Crippen LogP contribution in [0.4, 0.5) is 5.82 Å². The van der Waals surface area contributed by atoms with E-state index in [-0.39, 0.29) is 23.7 Å². The fourth-order valence-electron chi connectivity index (χ4n) is 2.74. The Morgan fingerprint density at radius 1 is 1.18 bits per heavy atom. The average Bonchev–Trinajstić information content (AvgIpc) is 2.70. The van der Waals surface area contributed by atoms with Crippen LogP contribution in [0.15, 0.2) is 39.9 Å². The zero-order valence-electron chi connectivity index (χ0n) is 16.2. The highest BCUT2D eigenvalue weighted by Gasteiger charge is 2.22. The summed E-state index contributed by atoms with van der Waals surface area (Å²) in [6, 6.07) is 9.24. The molecule has 0 fully saturated rings. The second kappa shape index (κ2) is 9.70. The number of thiocarbonyl (C=S) groups is 1. The summed E-state index contributed by atoms with van der Waals surface area (Å²) in [6.45, 7) is 5.60. The maximum absolute atomic E-state index is 12.8. The minimum atomic E-state index is -0.689. The molecule has 0 radical (unpaired) electrons. The fourth-order valence-corrected chi connectivity index (χ4v) is 4.01. The molecule has 9 heteroatoms. The Labute approximate surface area is 173 Å². The molecular formula is C19H24N4O3S2. The van der Waals surface area contributed by atoms with Crippen LogP contribution in [-0.4, -0.2) is 43.0 Å². The lowest BCUT2D eigenvalue weighted by Gasteiger charge is -2.20. The molecule has 0 saturated carbocycles. The zero-order chi connectivity index (χ0) is 20.8. The predicted octanol–water partition coefficient (Wildman–Crippen LogP) is 1.72. The Balaban J connectivity index is 2.36. The molecule has 0 bridgehead atoms. The molecule has 1 aromatic carbocycles. The van der Waals surface area contributed by atoms with Gasteiger partial charge in [-0.2, -0.15) is 0 Å². The van der Waals surface area contributed by atoms with E-state index in [2.05, 4.69) is 0 Å². The molecule has 0 spiro atoms. The van der Waals surface area contributed by atoms with Crippen LogP contribution < -0.4 is 17.0 Å². The van der Waals surface area contributed by atoms with Gasteiger partial charge in [-0.3, -0.25) is 18.7 Å². The quantitative estimate of drug-likeness (QED) is 0.539. The number of Topliss-reactive ketones (excluding diaryl/α,β-unsaturated/α-hetero) is 1. The van der Waals surface area contributed by atoms with Crippen molar-refractivity contribution in [2.45, 2.75) is 20.4 Å². The molecule has 2 rings (SSSR count). The third kappa shape index (κ3) is 4.71. The largest absolute Gasteiger partial charge is 0.384 e. The topological polar surface area (TPSA) is 90.3 Å². The monoisotopic (exact) mass is 420 g/mol. The van der Waals surface area contributed by atoms with Gasteiger partial charge in [-0.05, 0) is 19.4 Å². The second-order valence-corrected chi connectivity index (χ2v) is 7.74. The Morgan fingerprint density at radius 3 is 2.36 bits per heavy atom. The van der Waals surface area contributed by atoms with Crippen molar-refractivity contribution in [3.63, 3.8) is 0 Å². The summed E-state index contributed by atoms with van der Waals surface area (Å²) in [5.74, 6) is -0.575. The van der Waals surface area contributed by atoms with Crippen LogP contribution in [0.5, 0.6) is 0 Å². The summed E-state index contributed by atoms with van der Waals surface area (Å²) in [4.78, 5) is 39.8. The number of carbonyl (C=O) groups excluding carboxylic acids is 1. The highest BCUT2D eigenvalue weighted by molar-refractivity contribution is 8.23. The van der Waals surface area contributed by atoms with Gasteiger partial charge < -0.3 is 10.6 Å². The van der Waals surface area contributed by atoms with Crippen molar-refractivity contribution in [1.29, 1.82) is 0 Å². The number of nitrogen functional groups attached to an aromatic ring is 1. The molecular weight excluding hydrogens is 396 g/mol. The fraction of sp³-hybridized carbons (Fsp3) is 0.368. The van der Waals surface area contributed by atoms with Gasteiger partial charge in [-0.25, -0.2) is 4.79 Å². The molecule has 1 heterocycles. The van der Waals surface area contributed by atoms with Crippen LogP contribution in [0.2, 0.25) is 0 Å². The summed E-state index contributed by atoms with van der Waals surface area (Å²) in [6.07, 6.45) is 0. The van der Waals surface area contributed by atoms with Crippen molar-refractivity contribution in [3.8, 4) is 0 Å². The number of nitrogens with two attached hydrogens (primary N) is 1. The number of rotatable bonds is 7. The van der Waals surface area contributed by atoms with E-state index >= 15 is 0 Å². The second-order valence-electron chi connectivity index (χ2n) is 6.13. The van der Waals surface area contributed by atoms with E-state index in [0.29, 0.717) is 4.32 Å². The number of hydrogen-bond acceptors (Lipinski definition) is 6. The van der Waals surface area contributed by atoms with E-state index in [9.17, 15) is 14.4 Å². The summed E-state index contributed by atoms with van der Waals surface area (Å²) < 4.78 is 2.75. The van der Waals surface area contributed by atoms with Gasteiger partial charge in [0.15, 0.2) is 5.78 Å². The lowest BCUT2D eigenvalue weighted by molar-refractivity contribution is 0.102. The van der Waals surface area contributed by atoms with Crippen LogP contribution in [0.1, 0.15) is 29.8 Å². The third-order valence-electron chi connectivity index (χ3n) is 4.39. The third-order valence-corrected chi connectivity index (χ3v) is 5.92. The molecule has 0 unspecified atom stereocenters. The zero-order valence-corrected chi connectivity index (χ0v) is 17.8. The summed E-state index contributed by atoms with van der Waals surface area (Å²) in [7, 11) is 1.34. The first-order valence-corrected chi connectivity index (χ1v) is 10.3. The van der Waals surface area contributed by atoms with E-state index in [1.54, 1.807) is 0 Å². The SMILES string of the molecule is CCN(CC)C(=S)SCC(=O)c1c(N)n(Cc2ccccc2)c(=O)n(C)c1=O. The van der Waals surface area contributed by atoms with Gasteiger partial charge in [0.25, 0.3) is 5.56 Å². The number of aromatic nitrogens is 2. The molecule has 0 aliphatic rings. The average molecular weight is 421 g/mol. The van der Waals surface area contributed by atoms with Crippen molar-refractivity contribution in [3.05, 3.63) is 62.3 Å². The van der Waals surface area contributed by atoms with E-state index in [4.69, 9.17) is 18.0 Å². The minimum Gasteiger partial charge on any atom is -0.384 e. The number of ketones is 1. The number of benzene rings is 1. The molecule has 28 heavy (non-hydrogen) atoms. The van der Waals surface area contributed by atoms with Gasteiger partial charge in [0.1, 0.15) is 15.7 Å².